The van der Waals surface area contributed by atoms with Crippen LogP contribution in [0, 0.1) is 25.2 Å². The maximum Gasteiger partial charge on any atom is 0.212 e. The summed E-state index contributed by atoms with van der Waals surface area (Å²) in [6.07, 6.45) is 1.68. The fourth-order valence-electron chi connectivity index (χ4n) is 2.00. The van der Waals surface area contributed by atoms with Crippen molar-refractivity contribution >= 4 is 11.3 Å². The molecule has 0 aliphatic rings. The maximum atomic E-state index is 9.19. The van der Waals surface area contributed by atoms with E-state index in [0.717, 1.165) is 16.9 Å². The summed E-state index contributed by atoms with van der Waals surface area (Å²) in [6.45, 7) is 4.20. The summed E-state index contributed by atoms with van der Waals surface area (Å²) in [5.74, 6) is 0.788. The van der Waals surface area contributed by atoms with E-state index in [2.05, 4.69) is 15.3 Å². The lowest BCUT2D eigenvalue weighted by atomic mass is 10.1. The van der Waals surface area contributed by atoms with Crippen LogP contribution in [0.25, 0.3) is 5.13 Å². The summed E-state index contributed by atoms with van der Waals surface area (Å²) in [5.41, 5.74) is 3.00. The molecule has 0 unspecified atom stereocenters. The van der Waals surface area contributed by atoms with Gasteiger partial charge in [0.25, 0.3) is 0 Å². The van der Waals surface area contributed by atoms with E-state index in [-0.39, 0.29) is 12.3 Å². The number of benzene rings is 1. The molecular weight excluding hydrogens is 298 g/mol. The van der Waals surface area contributed by atoms with Crippen molar-refractivity contribution in [2.75, 3.05) is 0 Å². The van der Waals surface area contributed by atoms with Crippen LogP contribution >= 0.6 is 11.3 Å². The number of aryl methyl sites for hydroxylation is 2. The molecule has 7 heteroatoms. The highest BCUT2D eigenvalue weighted by Crippen LogP contribution is 2.22. The van der Waals surface area contributed by atoms with Crippen LogP contribution in [0.3, 0.4) is 0 Å². The lowest BCUT2D eigenvalue weighted by Gasteiger charge is -2.10. The number of hydrogen-bond donors (Lipinski definition) is 0. The van der Waals surface area contributed by atoms with Crippen molar-refractivity contribution in [1.29, 1.82) is 5.26 Å². The summed E-state index contributed by atoms with van der Waals surface area (Å²) in [6, 6.07) is 8.05. The van der Waals surface area contributed by atoms with E-state index in [1.807, 2.05) is 43.5 Å². The molecule has 6 nitrogen and oxygen atoms in total. The monoisotopic (exact) mass is 311 g/mol. The van der Waals surface area contributed by atoms with E-state index in [1.54, 1.807) is 10.9 Å². The molecule has 0 aliphatic carbocycles. The van der Waals surface area contributed by atoms with Gasteiger partial charge in [-0.3, -0.25) is 0 Å². The normalized spacial score (nSPS) is 10.4. The minimum Gasteiger partial charge on any atom is -0.487 e. The fraction of sp³-hybridized carbons (Fsp3) is 0.200. The molecule has 0 spiro atoms. The van der Waals surface area contributed by atoms with Gasteiger partial charge in [-0.25, -0.2) is 4.98 Å². The molecule has 2 heterocycles. The summed E-state index contributed by atoms with van der Waals surface area (Å²) >= 11 is 1.43. The zero-order valence-corrected chi connectivity index (χ0v) is 13.0. The van der Waals surface area contributed by atoms with Crippen molar-refractivity contribution in [3.05, 3.63) is 52.3 Å². The molecule has 1 aromatic carbocycles. The van der Waals surface area contributed by atoms with E-state index in [1.165, 1.54) is 11.3 Å². The molecule has 0 saturated heterocycles. The highest BCUT2D eigenvalue weighted by molar-refractivity contribution is 7.12. The Morgan fingerprint density at radius 2 is 2.23 bits per heavy atom. The Bertz CT molecular complexity index is 832. The van der Waals surface area contributed by atoms with Crippen molar-refractivity contribution in [3.8, 4) is 17.0 Å². The zero-order valence-electron chi connectivity index (χ0n) is 12.1. The van der Waals surface area contributed by atoms with Gasteiger partial charge in [-0.15, -0.1) is 16.4 Å². The van der Waals surface area contributed by atoms with Gasteiger partial charge in [0.15, 0.2) is 5.69 Å². The first-order chi connectivity index (χ1) is 10.7. The van der Waals surface area contributed by atoms with Crippen molar-refractivity contribution in [2.24, 2.45) is 0 Å². The van der Waals surface area contributed by atoms with E-state index in [0.29, 0.717) is 10.8 Å². The summed E-state index contributed by atoms with van der Waals surface area (Å²) in [5, 5.41) is 19.6. The summed E-state index contributed by atoms with van der Waals surface area (Å²) in [7, 11) is 0. The van der Waals surface area contributed by atoms with E-state index in [9.17, 15) is 5.26 Å². The summed E-state index contributed by atoms with van der Waals surface area (Å²) < 4.78 is 7.42. The molecule has 22 heavy (non-hydrogen) atoms. The Hall–Kier alpha value is -2.72. The molecule has 3 rings (SSSR count). The first-order valence-corrected chi connectivity index (χ1v) is 7.51. The first kappa shape index (κ1) is 14.2. The minimum absolute atomic E-state index is 0.208. The van der Waals surface area contributed by atoms with Crippen molar-refractivity contribution in [2.45, 2.75) is 20.5 Å². The Balaban J connectivity index is 1.91. The largest absolute Gasteiger partial charge is 0.487 e. The smallest absolute Gasteiger partial charge is 0.212 e. The molecule has 3 aromatic rings. The standard InChI is InChI=1S/C15H13N5OS/c1-10-3-4-11(2)14(7-10)21-9-13-12(8-16)18-19-20(13)15-17-5-6-22-15/h3-7H,9H2,1-2H3. The molecular formula is C15H13N5OS. The average Bonchev–Trinajstić information content (AvgIpc) is 3.16. The molecule has 0 saturated carbocycles. The van der Waals surface area contributed by atoms with Crippen LogP contribution in [0.2, 0.25) is 0 Å². The van der Waals surface area contributed by atoms with Crippen LogP contribution in [0.1, 0.15) is 22.5 Å². The van der Waals surface area contributed by atoms with Crippen LogP contribution in [-0.4, -0.2) is 20.0 Å². The molecule has 0 amide bonds. The third-order valence-corrected chi connectivity index (χ3v) is 3.92. The van der Waals surface area contributed by atoms with Crippen LogP contribution in [0.4, 0.5) is 0 Å². The average molecular weight is 311 g/mol. The lowest BCUT2D eigenvalue weighted by Crippen LogP contribution is -2.07. The Kier molecular flexibility index (Phi) is 3.85. The molecule has 0 atom stereocenters. The molecule has 0 radical (unpaired) electrons. The van der Waals surface area contributed by atoms with Crippen LogP contribution in [-0.2, 0) is 6.61 Å². The maximum absolute atomic E-state index is 9.19. The van der Waals surface area contributed by atoms with Gasteiger partial charge in [0.2, 0.25) is 5.13 Å². The highest BCUT2D eigenvalue weighted by Gasteiger charge is 2.16. The molecule has 0 bridgehead atoms. The zero-order chi connectivity index (χ0) is 15.5. The Morgan fingerprint density at radius 3 is 2.95 bits per heavy atom. The molecule has 0 aliphatic heterocycles. The molecule has 110 valence electrons. The van der Waals surface area contributed by atoms with Crippen molar-refractivity contribution in [1.82, 2.24) is 20.0 Å². The lowest BCUT2D eigenvalue weighted by molar-refractivity contribution is 0.295. The number of nitrogens with zero attached hydrogens (tertiary/aromatic N) is 5. The van der Waals surface area contributed by atoms with Crippen LogP contribution in [0.5, 0.6) is 5.75 Å². The third kappa shape index (κ3) is 2.69. The minimum atomic E-state index is 0.208. The summed E-state index contributed by atoms with van der Waals surface area (Å²) in [4.78, 5) is 4.20. The van der Waals surface area contributed by atoms with Crippen molar-refractivity contribution < 1.29 is 4.74 Å². The van der Waals surface area contributed by atoms with Gasteiger partial charge in [0.05, 0.1) is 0 Å². The van der Waals surface area contributed by atoms with E-state index in [4.69, 9.17) is 4.74 Å². The number of ether oxygens (including phenoxy) is 1. The van der Waals surface area contributed by atoms with Gasteiger partial charge in [-0.2, -0.15) is 9.94 Å². The molecule has 0 N–H and O–H groups in total. The van der Waals surface area contributed by atoms with E-state index >= 15 is 0 Å². The van der Waals surface area contributed by atoms with Gasteiger partial charge >= 0.3 is 0 Å². The topological polar surface area (TPSA) is 76.6 Å². The number of nitriles is 1. The van der Waals surface area contributed by atoms with Gasteiger partial charge in [-0.1, -0.05) is 17.3 Å². The second-order valence-corrected chi connectivity index (χ2v) is 5.65. The number of aromatic nitrogens is 4. The second kappa shape index (κ2) is 5.95. The van der Waals surface area contributed by atoms with Gasteiger partial charge < -0.3 is 4.74 Å². The predicted octanol–water partition coefficient (Wildman–Crippen LogP) is 2.79. The first-order valence-electron chi connectivity index (χ1n) is 6.63. The predicted molar refractivity (Wildman–Crippen MR) is 82.0 cm³/mol. The van der Waals surface area contributed by atoms with Gasteiger partial charge in [0, 0.05) is 11.6 Å². The van der Waals surface area contributed by atoms with Crippen LogP contribution < -0.4 is 4.74 Å². The van der Waals surface area contributed by atoms with Gasteiger partial charge in [0.1, 0.15) is 24.1 Å². The Labute approximate surface area is 131 Å². The molecule has 2 aromatic heterocycles. The number of rotatable bonds is 4. The highest BCUT2D eigenvalue weighted by atomic mass is 32.1. The third-order valence-electron chi connectivity index (χ3n) is 3.18. The van der Waals surface area contributed by atoms with E-state index < -0.39 is 0 Å². The molecule has 0 fully saturated rings. The number of thiazole rings is 1. The van der Waals surface area contributed by atoms with Gasteiger partial charge in [-0.05, 0) is 31.0 Å². The second-order valence-electron chi connectivity index (χ2n) is 4.78. The van der Waals surface area contributed by atoms with Crippen molar-refractivity contribution in [3.63, 3.8) is 0 Å². The fourth-order valence-corrected chi connectivity index (χ4v) is 2.61. The van der Waals surface area contributed by atoms with Crippen LogP contribution in [0.15, 0.2) is 29.8 Å². The Morgan fingerprint density at radius 1 is 1.36 bits per heavy atom. The number of hydrogen-bond acceptors (Lipinski definition) is 6. The quantitative estimate of drug-likeness (QED) is 0.740. The SMILES string of the molecule is Cc1ccc(C)c(OCc2c(C#N)nnn2-c2nccs2)c1.